The number of ether oxygens (including phenoxy) is 1. The Morgan fingerprint density at radius 1 is 0.864 bits per heavy atom. The van der Waals surface area contributed by atoms with Crippen molar-refractivity contribution in [3.05, 3.63) is 35.1 Å². The number of hydrogen-bond donors (Lipinski definition) is 1. The standard InChI is InChI=1S/C15H19F5O2/c16-12-8-7-11(13(17)14(12)18)15(19,20)22-10-6-4-2-1-3-5-9-21/h7-8,21H,1-6,9-10H2. The van der Waals surface area contributed by atoms with Crippen LogP contribution in [-0.2, 0) is 10.8 Å². The molecule has 0 fully saturated rings. The monoisotopic (exact) mass is 326 g/mol. The van der Waals surface area contributed by atoms with Crippen molar-refractivity contribution < 1.29 is 31.8 Å². The van der Waals surface area contributed by atoms with Crippen LogP contribution in [0.5, 0.6) is 0 Å². The van der Waals surface area contributed by atoms with E-state index < -0.39 is 29.1 Å². The van der Waals surface area contributed by atoms with E-state index in [1.54, 1.807) is 0 Å². The van der Waals surface area contributed by atoms with Gasteiger partial charge in [0.15, 0.2) is 17.5 Å². The molecule has 0 unspecified atom stereocenters. The SMILES string of the molecule is OCCCCCCCCOC(F)(F)c1ccc(F)c(F)c1F. The number of aliphatic hydroxyl groups excluding tert-OH is 1. The van der Waals surface area contributed by atoms with Crippen molar-refractivity contribution in [2.45, 2.75) is 44.6 Å². The number of benzene rings is 1. The Labute approximate surface area is 125 Å². The molecule has 126 valence electrons. The minimum atomic E-state index is -4.00. The van der Waals surface area contributed by atoms with Gasteiger partial charge >= 0.3 is 6.11 Å². The third-order valence-corrected chi connectivity index (χ3v) is 3.18. The van der Waals surface area contributed by atoms with E-state index in [0.717, 1.165) is 19.3 Å². The molecule has 0 bridgehead atoms. The van der Waals surface area contributed by atoms with Crippen LogP contribution in [0.2, 0.25) is 0 Å². The smallest absolute Gasteiger partial charge is 0.386 e. The predicted molar refractivity (Wildman–Crippen MR) is 70.9 cm³/mol. The molecule has 0 aliphatic carbocycles. The number of unbranched alkanes of at least 4 members (excludes halogenated alkanes) is 5. The van der Waals surface area contributed by atoms with Crippen molar-refractivity contribution in [3.63, 3.8) is 0 Å². The highest BCUT2D eigenvalue weighted by molar-refractivity contribution is 5.23. The van der Waals surface area contributed by atoms with Gasteiger partial charge in [-0.15, -0.1) is 0 Å². The summed E-state index contributed by atoms with van der Waals surface area (Å²) in [5, 5.41) is 8.58. The zero-order valence-electron chi connectivity index (χ0n) is 12.1. The van der Waals surface area contributed by atoms with Gasteiger partial charge in [0.05, 0.1) is 12.2 Å². The average Bonchev–Trinajstić information content (AvgIpc) is 2.47. The summed E-state index contributed by atoms with van der Waals surface area (Å²) in [6.07, 6.45) is 0.276. The molecule has 1 rings (SSSR count). The Balaban J connectivity index is 2.40. The molecule has 0 radical (unpaired) electrons. The number of aliphatic hydroxyl groups is 1. The zero-order valence-corrected chi connectivity index (χ0v) is 12.1. The van der Waals surface area contributed by atoms with Crippen molar-refractivity contribution in [1.82, 2.24) is 0 Å². The van der Waals surface area contributed by atoms with E-state index in [-0.39, 0.29) is 13.2 Å². The summed E-state index contributed by atoms with van der Waals surface area (Å²) < 4.78 is 70.5. The molecule has 7 heteroatoms. The van der Waals surface area contributed by atoms with Gasteiger partial charge in [-0.05, 0) is 25.0 Å². The van der Waals surface area contributed by atoms with Crippen LogP contribution in [0.3, 0.4) is 0 Å². The highest BCUT2D eigenvalue weighted by Crippen LogP contribution is 2.33. The fourth-order valence-corrected chi connectivity index (χ4v) is 1.95. The van der Waals surface area contributed by atoms with Crippen LogP contribution in [0.25, 0.3) is 0 Å². The van der Waals surface area contributed by atoms with E-state index in [2.05, 4.69) is 4.74 Å². The Kier molecular flexibility index (Phi) is 7.75. The van der Waals surface area contributed by atoms with Crippen LogP contribution >= 0.6 is 0 Å². The van der Waals surface area contributed by atoms with Crippen molar-refractivity contribution in [3.8, 4) is 0 Å². The van der Waals surface area contributed by atoms with Gasteiger partial charge in [0.1, 0.15) is 0 Å². The van der Waals surface area contributed by atoms with Gasteiger partial charge in [0, 0.05) is 6.61 Å². The summed E-state index contributed by atoms with van der Waals surface area (Å²) in [7, 11) is 0. The predicted octanol–water partition coefficient (Wildman–Crippen LogP) is 4.50. The summed E-state index contributed by atoms with van der Waals surface area (Å²) >= 11 is 0. The minimum Gasteiger partial charge on any atom is -0.396 e. The highest BCUT2D eigenvalue weighted by Gasteiger charge is 2.37. The fraction of sp³-hybridized carbons (Fsp3) is 0.600. The summed E-state index contributed by atoms with van der Waals surface area (Å²) in [6.45, 7) is -0.180. The first-order valence-electron chi connectivity index (χ1n) is 7.16. The lowest BCUT2D eigenvalue weighted by atomic mass is 10.1. The first kappa shape index (κ1) is 18.8. The van der Waals surface area contributed by atoms with Crippen LogP contribution in [-0.4, -0.2) is 18.3 Å². The molecule has 22 heavy (non-hydrogen) atoms. The normalized spacial score (nSPS) is 11.9. The third-order valence-electron chi connectivity index (χ3n) is 3.18. The van der Waals surface area contributed by atoms with Gasteiger partial charge in [0.2, 0.25) is 0 Å². The second-order valence-electron chi connectivity index (χ2n) is 4.93. The molecule has 1 N–H and O–H groups in total. The van der Waals surface area contributed by atoms with Crippen LogP contribution < -0.4 is 0 Å². The summed E-state index contributed by atoms with van der Waals surface area (Å²) in [6, 6.07) is 0.912. The maximum absolute atomic E-state index is 13.6. The zero-order chi connectivity index (χ0) is 16.6. The molecule has 0 saturated carbocycles. The lowest BCUT2D eigenvalue weighted by molar-refractivity contribution is -0.250. The van der Waals surface area contributed by atoms with Gasteiger partial charge < -0.3 is 9.84 Å². The molecule has 0 aromatic heterocycles. The van der Waals surface area contributed by atoms with E-state index >= 15 is 0 Å². The van der Waals surface area contributed by atoms with Crippen molar-refractivity contribution in [1.29, 1.82) is 0 Å². The van der Waals surface area contributed by atoms with E-state index in [0.29, 0.717) is 31.4 Å². The first-order valence-corrected chi connectivity index (χ1v) is 7.16. The van der Waals surface area contributed by atoms with Crippen molar-refractivity contribution in [2.24, 2.45) is 0 Å². The van der Waals surface area contributed by atoms with E-state index in [1.807, 2.05) is 0 Å². The van der Waals surface area contributed by atoms with Crippen LogP contribution in [0.4, 0.5) is 22.0 Å². The molecule has 0 saturated heterocycles. The molecule has 0 spiro atoms. The van der Waals surface area contributed by atoms with Crippen LogP contribution in [0.1, 0.15) is 44.1 Å². The van der Waals surface area contributed by atoms with E-state index in [4.69, 9.17) is 5.11 Å². The molecule has 1 aromatic rings. The van der Waals surface area contributed by atoms with Crippen molar-refractivity contribution in [2.75, 3.05) is 13.2 Å². The largest absolute Gasteiger partial charge is 0.396 e. The summed E-state index contributed by atoms with van der Waals surface area (Å²) in [5.74, 6) is -5.40. The molecule has 0 atom stereocenters. The molecule has 0 heterocycles. The molecular formula is C15H19F5O2. The summed E-state index contributed by atoms with van der Waals surface area (Å²) in [4.78, 5) is 0. The van der Waals surface area contributed by atoms with Gasteiger partial charge in [-0.2, -0.15) is 8.78 Å². The Bertz CT molecular complexity index is 465. The fourth-order valence-electron chi connectivity index (χ4n) is 1.95. The van der Waals surface area contributed by atoms with Crippen LogP contribution in [0.15, 0.2) is 12.1 Å². The molecule has 0 amide bonds. The molecule has 1 aromatic carbocycles. The van der Waals surface area contributed by atoms with Gasteiger partial charge in [-0.3, -0.25) is 0 Å². The lowest BCUT2D eigenvalue weighted by Gasteiger charge is -2.18. The van der Waals surface area contributed by atoms with Crippen LogP contribution in [0, 0.1) is 17.5 Å². The minimum absolute atomic E-state index is 0.134. The van der Waals surface area contributed by atoms with E-state index in [9.17, 15) is 22.0 Å². The van der Waals surface area contributed by atoms with Gasteiger partial charge in [-0.1, -0.05) is 25.7 Å². The number of hydrogen-bond acceptors (Lipinski definition) is 2. The Morgan fingerprint density at radius 3 is 2.09 bits per heavy atom. The number of halogens is 5. The number of alkyl halides is 2. The molecule has 0 aliphatic rings. The maximum Gasteiger partial charge on any atom is 0.386 e. The topological polar surface area (TPSA) is 29.5 Å². The second-order valence-corrected chi connectivity index (χ2v) is 4.93. The van der Waals surface area contributed by atoms with E-state index in [1.165, 1.54) is 0 Å². The third kappa shape index (κ3) is 5.53. The quantitative estimate of drug-likeness (QED) is 0.390. The molecule has 2 nitrogen and oxygen atoms in total. The Morgan fingerprint density at radius 2 is 1.45 bits per heavy atom. The maximum atomic E-state index is 13.6. The number of rotatable bonds is 10. The lowest BCUT2D eigenvalue weighted by Crippen LogP contribution is -2.21. The summed E-state index contributed by atoms with van der Waals surface area (Å²) in [5.41, 5.74) is -1.31. The highest BCUT2D eigenvalue weighted by atomic mass is 19.3. The molecule has 0 aliphatic heterocycles. The van der Waals surface area contributed by atoms with Crippen molar-refractivity contribution >= 4 is 0 Å². The first-order chi connectivity index (χ1) is 10.4. The average molecular weight is 326 g/mol. The molecular weight excluding hydrogens is 307 g/mol. The van der Waals surface area contributed by atoms with Gasteiger partial charge in [-0.25, -0.2) is 13.2 Å². The van der Waals surface area contributed by atoms with Gasteiger partial charge in [0.25, 0.3) is 0 Å². The second kappa shape index (κ2) is 9.05. The Hall–Kier alpha value is -1.21.